The number of nitrogens with zero attached hydrogens (tertiary/aromatic N) is 4. The van der Waals surface area contributed by atoms with Crippen molar-refractivity contribution in [3.05, 3.63) is 87.8 Å². The van der Waals surface area contributed by atoms with Crippen LogP contribution in [-0.2, 0) is 12.8 Å². The molecule has 206 valence electrons. The largest absolute Gasteiger partial charge is 0.490 e. The molecule has 4 aromatic rings. The molecule has 2 aromatic carbocycles. The molecule has 2 aliphatic rings. The van der Waals surface area contributed by atoms with Gasteiger partial charge in [0.1, 0.15) is 17.7 Å². The average molecular weight is 557 g/mol. The summed E-state index contributed by atoms with van der Waals surface area (Å²) in [6.45, 7) is 6.11. The number of fused-ring (bicyclic) bond motifs is 3. The number of anilines is 3. The minimum atomic E-state index is -0.181. The SMILES string of the molecule is Cc1cc(OC2CCN(C)CC2)ccc1Nc1ncc2c(n1)-n1ccc(C(=O)Nc3c(C)cccc3Cl)c1CC2. The molecule has 1 amide bonds. The summed E-state index contributed by atoms with van der Waals surface area (Å²) in [6.07, 6.45) is 7.60. The molecule has 9 heteroatoms. The van der Waals surface area contributed by atoms with E-state index in [1.165, 1.54) is 0 Å². The normalized spacial score (nSPS) is 15.3. The van der Waals surface area contributed by atoms with Crippen molar-refractivity contribution in [2.45, 2.75) is 45.6 Å². The Balaban J connectivity index is 1.19. The minimum Gasteiger partial charge on any atom is -0.490 e. The van der Waals surface area contributed by atoms with Gasteiger partial charge in [0.15, 0.2) is 0 Å². The van der Waals surface area contributed by atoms with Crippen molar-refractivity contribution in [1.82, 2.24) is 19.4 Å². The molecular weight excluding hydrogens is 524 g/mol. The van der Waals surface area contributed by atoms with Gasteiger partial charge in [-0.25, -0.2) is 4.98 Å². The second-order valence-corrected chi connectivity index (χ2v) is 11.1. The van der Waals surface area contributed by atoms with Crippen LogP contribution in [0.15, 0.2) is 54.9 Å². The van der Waals surface area contributed by atoms with Gasteiger partial charge in [-0.2, -0.15) is 4.98 Å². The lowest BCUT2D eigenvalue weighted by Crippen LogP contribution is -2.35. The van der Waals surface area contributed by atoms with E-state index in [1.54, 1.807) is 6.07 Å². The third-order valence-electron chi connectivity index (χ3n) is 7.81. The molecule has 0 bridgehead atoms. The van der Waals surface area contributed by atoms with Crippen molar-refractivity contribution in [1.29, 1.82) is 0 Å². The van der Waals surface area contributed by atoms with Gasteiger partial charge in [-0.15, -0.1) is 0 Å². The van der Waals surface area contributed by atoms with E-state index in [0.717, 1.165) is 78.4 Å². The van der Waals surface area contributed by atoms with Crippen LogP contribution in [0.1, 0.15) is 45.6 Å². The Morgan fingerprint density at radius 3 is 2.67 bits per heavy atom. The van der Waals surface area contributed by atoms with Crippen LogP contribution in [0.4, 0.5) is 17.3 Å². The zero-order valence-electron chi connectivity index (χ0n) is 23.0. The van der Waals surface area contributed by atoms with E-state index >= 15 is 0 Å². The first-order chi connectivity index (χ1) is 19.4. The quantitative estimate of drug-likeness (QED) is 0.298. The molecule has 0 unspecified atom stereocenters. The summed E-state index contributed by atoms with van der Waals surface area (Å²) >= 11 is 6.35. The van der Waals surface area contributed by atoms with Crippen molar-refractivity contribution < 1.29 is 9.53 Å². The number of amides is 1. The fourth-order valence-corrected chi connectivity index (χ4v) is 5.73. The van der Waals surface area contributed by atoms with Crippen LogP contribution in [0.3, 0.4) is 0 Å². The number of benzene rings is 2. The average Bonchev–Trinajstić information content (AvgIpc) is 3.38. The lowest BCUT2D eigenvalue weighted by atomic mass is 10.0. The molecule has 0 aliphatic carbocycles. The van der Waals surface area contributed by atoms with E-state index in [4.69, 9.17) is 21.3 Å². The molecule has 2 aliphatic heterocycles. The summed E-state index contributed by atoms with van der Waals surface area (Å²) in [4.78, 5) is 25.0. The van der Waals surface area contributed by atoms with Crippen LogP contribution in [0.2, 0.25) is 5.02 Å². The van der Waals surface area contributed by atoms with Gasteiger partial charge in [0.2, 0.25) is 5.95 Å². The second-order valence-electron chi connectivity index (χ2n) is 10.7. The number of ether oxygens (including phenoxy) is 1. The molecule has 2 aromatic heterocycles. The third kappa shape index (κ3) is 5.29. The number of aryl methyl sites for hydroxylation is 3. The molecule has 1 fully saturated rings. The fourth-order valence-electron chi connectivity index (χ4n) is 5.46. The standard InChI is InChI=1S/C31H33ClN6O2/c1-19-5-4-6-25(32)28(19)35-30(39)24-13-16-38-27(24)10-7-21-18-33-31(36-29(21)38)34-26-9-8-23(17-20(26)2)40-22-11-14-37(3)15-12-22/h4-6,8-9,13,16-18,22H,7,10-12,14-15H2,1-3H3,(H,35,39)(H,33,34,36). The maximum atomic E-state index is 13.2. The van der Waals surface area contributed by atoms with Crippen LogP contribution in [0.5, 0.6) is 5.75 Å². The van der Waals surface area contributed by atoms with E-state index in [0.29, 0.717) is 22.2 Å². The van der Waals surface area contributed by atoms with E-state index in [-0.39, 0.29) is 12.0 Å². The Morgan fingerprint density at radius 1 is 1.07 bits per heavy atom. The predicted molar refractivity (Wildman–Crippen MR) is 159 cm³/mol. The number of piperidine rings is 1. The highest BCUT2D eigenvalue weighted by atomic mass is 35.5. The van der Waals surface area contributed by atoms with Crippen molar-refractivity contribution in [2.75, 3.05) is 30.8 Å². The van der Waals surface area contributed by atoms with Crippen molar-refractivity contribution in [3.63, 3.8) is 0 Å². The fraction of sp³-hybridized carbons (Fsp3) is 0.323. The van der Waals surface area contributed by atoms with Gasteiger partial charge >= 0.3 is 0 Å². The molecular formula is C31H33ClN6O2. The Bertz CT molecular complexity index is 1550. The molecule has 1 saturated heterocycles. The second kappa shape index (κ2) is 10.9. The van der Waals surface area contributed by atoms with E-state index in [2.05, 4.69) is 40.6 Å². The lowest BCUT2D eigenvalue weighted by molar-refractivity contribution is 0.102. The third-order valence-corrected chi connectivity index (χ3v) is 8.13. The summed E-state index contributed by atoms with van der Waals surface area (Å²) in [5.41, 5.74) is 6.12. The van der Waals surface area contributed by atoms with Crippen LogP contribution in [0, 0.1) is 13.8 Å². The summed E-state index contributed by atoms with van der Waals surface area (Å²) in [5.74, 6) is 1.99. The Labute approximate surface area is 239 Å². The highest BCUT2D eigenvalue weighted by molar-refractivity contribution is 6.34. The van der Waals surface area contributed by atoms with Crippen LogP contribution >= 0.6 is 11.6 Å². The van der Waals surface area contributed by atoms with Crippen LogP contribution in [-0.4, -0.2) is 51.6 Å². The minimum absolute atomic E-state index is 0.181. The summed E-state index contributed by atoms with van der Waals surface area (Å²) in [5, 5.41) is 6.89. The zero-order valence-corrected chi connectivity index (χ0v) is 23.8. The van der Waals surface area contributed by atoms with Gasteiger partial charge < -0.3 is 24.8 Å². The van der Waals surface area contributed by atoms with Gasteiger partial charge in [0, 0.05) is 42.4 Å². The molecule has 0 atom stereocenters. The van der Waals surface area contributed by atoms with Crippen molar-refractivity contribution in [2.24, 2.45) is 0 Å². The molecule has 0 radical (unpaired) electrons. The Hall–Kier alpha value is -3.88. The van der Waals surface area contributed by atoms with E-state index in [1.807, 2.05) is 54.2 Å². The number of para-hydroxylation sites is 1. The maximum absolute atomic E-state index is 13.2. The van der Waals surface area contributed by atoms with Gasteiger partial charge in [-0.1, -0.05) is 23.7 Å². The number of carbonyl (C=O) groups is 1. The number of rotatable bonds is 6. The topological polar surface area (TPSA) is 84.3 Å². The van der Waals surface area contributed by atoms with Crippen molar-refractivity contribution >= 4 is 34.8 Å². The summed E-state index contributed by atoms with van der Waals surface area (Å²) in [7, 11) is 2.15. The monoisotopic (exact) mass is 556 g/mol. The number of hydrogen-bond acceptors (Lipinski definition) is 6. The first kappa shape index (κ1) is 26.3. The first-order valence-corrected chi connectivity index (χ1v) is 14.1. The number of aromatic nitrogens is 3. The molecule has 0 spiro atoms. The number of hydrogen-bond donors (Lipinski definition) is 2. The van der Waals surface area contributed by atoms with Gasteiger partial charge in [-0.3, -0.25) is 4.79 Å². The number of halogens is 1. The smallest absolute Gasteiger partial charge is 0.257 e. The van der Waals surface area contributed by atoms with Crippen molar-refractivity contribution in [3.8, 4) is 11.6 Å². The molecule has 8 nitrogen and oxygen atoms in total. The number of carbonyl (C=O) groups excluding carboxylic acids is 1. The summed E-state index contributed by atoms with van der Waals surface area (Å²) < 4.78 is 8.24. The molecule has 40 heavy (non-hydrogen) atoms. The van der Waals surface area contributed by atoms with E-state index < -0.39 is 0 Å². The zero-order chi connectivity index (χ0) is 27.8. The Kier molecular flexibility index (Phi) is 7.21. The van der Waals surface area contributed by atoms with Gasteiger partial charge in [0.05, 0.1) is 16.3 Å². The highest BCUT2D eigenvalue weighted by Gasteiger charge is 2.25. The van der Waals surface area contributed by atoms with E-state index in [9.17, 15) is 4.79 Å². The van der Waals surface area contributed by atoms with Gasteiger partial charge in [-0.05, 0) is 88.0 Å². The maximum Gasteiger partial charge on any atom is 0.257 e. The van der Waals surface area contributed by atoms with Crippen LogP contribution < -0.4 is 15.4 Å². The molecule has 4 heterocycles. The molecule has 0 saturated carbocycles. The predicted octanol–water partition coefficient (Wildman–Crippen LogP) is 6.11. The summed E-state index contributed by atoms with van der Waals surface area (Å²) in [6, 6.07) is 13.5. The molecule has 6 rings (SSSR count). The first-order valence-electron chi connectivity index (χ1n) is 13.7. The van der Waals surface area contributed by atoms with Crippen LogP contribution in [0.25, 0.3) is 5.82 Å². The number of likely N-dealkylation sites (tertiary alicyclic amines) is 1. The number of nitrogens with one attached hydrogen (secondary N) is 2. The van der Waals surface area contributed by atoms with Gasteiger partial charge in [0.25, 0.3) is 5.91 Å². The molecule has 2 N–H and O–H groups in total. The lowest BCUT2D eigenvalue weighted by Gasteiger charge is -2.29. The Morgan fingerprint density at radius 2 is 1.90 bits per heavy atom. The highest BCUT2D eigenvalue weighted by Crippen LogP contribution is 2.31.